The molecule has 31 nitrogen and oxygen atoms in total. The van der Waals surface area contributed by atoms with E-state index in [4.69, 9.17) is 58.8 Å². The molecule has 350 valence electrons. The van der Waals surface area contributed by atoms with Gasteiger partial charge in [0.25, 0.3) is 0 Å². The van der Waals surface area contributed by atoms with E-state index in [1.54, 1.807) is 0 Å². The molecule has 3 saturated heterocycles. The number of nitrogens with zero attached hydrogens (tertiary/aromatic N) is 6. The van der Waals surface area contributed by atoms with Gasteiger partial charge >= 0.3 is 40.5 Å². The number of ether oxygens (including phenoxy) is 4. The van der Waals surface area contributed by atoms with Gasteiger partial charge in [0.05, 0.1) is 19.8 Å². The summed E-state index contributed by atoms with van der Waals surface area (Å²) in [4.78, 5) is 79.8. The fourth-order valence-electron chi connectivity index (χ4n) is 6.58. The van der Waals surface area contributed by atoms with Gasteiger partial charge in [-0.3, -0.25) is 40.8 Å². The van der Waals surface area contributed by atoms with E-state index in [1.165, 1.54) is 19.4 Å². The van der Waals surface area contributed by atoms with Crippen LogP contribution in [0.15, 0.2) is 51.2 Å². The van der Waals surface area contributed by atoms with Gasteiger partial charge in [-0.2, -0.15) is 15.0 Å². The largest absolute Gasteiger partial charge is 0.472 e. The second-order valence-corrected chi connectivity index (χ2v) is 18.0. The van der Waals surface area contributed by atoms with Gasteiger partial charge in [-0.25, -0.2) is 28.1 Å². The van der Waals surface area contributed by atoms with Gasteiger partial charge < -0.3 is 66.1 Å². The maximum Gasteiger partial charge on any atom is 0.472 e. The monoisotopic (exact) mass is 961 g/mol. The van der Waals surface area contributed by atoms with Crippen molar-refractivity contribution in [2.75, 3.05) is 51.2 Å². The van der Waals surface area contributed by atoms with Crippen LogP contribution in [0.25, 0.3) is 0 Å². The van der Waals surface area contributed by atoms with Crippen LogP contribution in [0.3, 0.4) is 0 Å². The summed E-state index contributed by atoms with van der Waals surface area (Å²) in [5.74, 6) is -0.565. The summed E-state index contributed by atoms with van der Waals surface area (Å²) in [6.07, 6.45) is -17.5. The SMILES string of the molecule is COC1[C@@H](COP(=O)(O)OC2[C@@H](COP(=O)(O)OC3[C@@H](COP(=O)(O)OC)O[C@@H](n4ccc(N)nc4=O)[C@H]3O)O[C@@H](n3ccc(N)nc3=O)[C@H]2O)O[C@@H](n2ccc(N)nc2=O)[C@H]1O. The van der Waals surface area contributed by atoms with E-state index in [2.05, 4.69) is 19.5 Å². The van der Waals surface area contributed by atoms with Crippen molar-refractivity contribution in [1.29, 1.82) is 0 Å². The Morgan fingerprint density at radius 1 is 0.571 bits per heavy atom. The summed E-state index contributed by atoms with van der Waals surface area (Å²) in [5, 5.41) is 33.3. The number of aliphatic hydroxyl groups is 3. The fraction of sp³-hybridized carbons (Fsp3) is 0.586. The fourth-order valence-corrected chi connectivity index (χ4v) is 8.95. The molecule has 15 atom stereocenters. The van der Waals surface area contributed by atoms with Gasteiger partial charge in [-0.15, -0.1) is 0 Å². The molecule has 0 radical (unpaired) electrons. The highest BCUT2D eigenvalue weighted by molar-refractivity contribution is 7.48. The lowest BCUT2D eigenvalue weighted by Gasteiger charge is -2.26. The first-order chi connectivity index (χ1) is 29.5. The zero-order valence-electron chi connectivity index (χ0n) is 32.5. The second kappa shape index (κ2) is 19.3. The van der Waals surface area contributed by atoms with Crippen molar-refractivity contribution in [2.24, 2.45) is 0 Å². The van der Waals surface area contributed by atoms with Crippen LogP contribution >= 0.6 is 23.5 Å². The lowest BCUT2D eigenvalue weighted by Crippen LogP contribution is -2.39. The Bertz CT molecular complexity index is 2440. The molecule has 6 rings (SSSR count). The van der Waals surface area contributed by atoms with Gasteiger partial charge in [0.1, 0.15) is 72.4 Å². The first-order valence-electron chi connectivity index (χ1n) is 18.0. The molecule has 6 heterocycles. The number of hydrogen-bond donors (Lipinski definition) is 9. The third-order valence-corrected chi connectivity index (χ3v) is 12.4. The minimum Gasteiger partial charge on any atom is -0.386 e. The Balaban J connectivity index is 1.19. The van der Waals surface area contributed by atoms with E-state index in [9.17, 15) is 58.1 Å². The minimum atomic E-state index is -5.51. The van der Waals surface area contributed by atoms with Crippen LogP contribution in [0, 0.1) is 0 Å². The number of anilines is 3. The number of aliphatic hydroxyl groups excluding tert-OH is 3. The number of aromatic nitrogens is 6. The summed E-state index contributed by atoms with van der Waals surface area (Å²) >= 11 is 0. The number of methoxy groups -OCH3 is 1. The Labute approximate surface area is 352 Å². The maximum atomic E-state index is 13.5. The zero-order chi connectivity index (χ0) is 46.2. The molecule has 12 N–H and O–H groups in total. The zero-order valence-corrected chi connectivity index (χ0v) is 35.2. The van der Waals surface area contributed by atoms with Crippen molar-refractivity contribution in [2.45, 2.75) is 73.6 Å². The van der Waals surface area contributed by atoms with E-state index in [-0.39, 0.29) is 17.5 Å². The van der Waals surface area contributed by atoms with Crippen LogP contribution < -0.4 is 34.3 Å². The predicted octanol–water partition coefficient (Wildman–Crippen LogP) is -3.94. The van der Waals surface area contributed by atoms with Crippen molar-refractivity contribution in [1.82, 2.24) is 28.7 Å². The number of nitrogen functional groups attached to an aromatic ring is 3. The molecular formula is C29H42N9O22P3. The first-order valence-corrected chi connectivity index (χ1v) is 22.4. The molecule has 3 aliphatic rings. The quantitative estimate of drug-likeness (QED) is 0.0550. The Morgan fingerprint density at radius 3 is 1.17 bits per heavy atom. The highest BCUT2D eigenvalue weighted by Gasteiger charge is 2.53. The molecule has 6 unspecified atom stereocenters. The molecule has 3 aliphatic heterocycles. The average Bonchev–Trinajstić information content (AvgIpc) is 3.80. The number of phosphoric ester groups is 3. The topological polar surface area (TPSA) is 448 Å². The van der Waals surface area contributed by atoms with E-state index >= 15 is 0 Å². The van der Waals surface area contributed by atoms with Crippen molar-refractivity contribution in [3.05, 3.63) is 68.2 Å². The summed E-state index contributed by atoms with van der Waals surface area (Å²) in [6.45, 7) is -2.97. The number of phosphoric acid groups is 3. The van der Waals surface area contributed by atoms with Crippen molar-refractivity contribution >= 4 is 40.9 Å². The van der Waals surface area contributed by atoms with Crippen LogP contribution in [0.5, 0.6) is 0 Å². The average molecular weight is 962 g/mol. The molecule has 0 amide bonds. The van der Waals surface area contributed by atoms with Crippen molar-refractivity contribution in [3.63, 3.8) is 0 Å². The summed E-state index contributed by atoms with van der Waals surface area (Å²) in [6, 6.07) is 3.53. The standard InChI is InChI=1S/C29H42N9O22P3/c1-51-21-12(56-24(18(21)39)36-6-3-15(30)33-27(36)42)9-54-62(47,48)60-23-14(58-26(20(23)41)38-8-5-17(32)35-29(38)44)11-55-63(49,50)59-22-13(10-53-61(45,46)52-2)57-25(19(22)40)37-7-4-16(31)34-28(37)43/h3-8,12-14,18-26,39-41H,9-11H2,1-2H3,(H,45,46)(H,47,48)(H,49,50)(H2,30,33,42)(H2,31,34,43)(H2,32,35,44)/t12-,13-,14-,18+,19+,20+,21?,22?,23?,24-,25-,26-/m1/s1. The highest BCUT2D eigenvalue weighted by atomic mass is 31.2. The van der Waals surface area contributed by atoms with E-state index < -0.39 is 134 Å². The van der Waals surface area contributed by atoms with Crippen LogP contribution in [0.4, 0.5) is 17.5 Å². The maximum absolute atomic E-state index is 13.5. The summed E-state index contributed by atoms with van der Waals surface area (Å²) in [7, 11) is -13.6. The molecule has 0 aliphatic carbocycles. The summed E-state index contributed by atoms with van der Waals surface area (Å²) < 4.78 is 93.4. The molecule has 3 aromatic rings. The number of rotatable bonds is 18. The van der Waals surface area contributed by atoms with Crippen molar-refractivity contribution in [3.8, 4) is 0 Å². The molecule has 0 saturated carbocycles. The number of hydrogen-bond acceptors (Lipinski definition) is 25. The van der Waals surface area contributed by atoms with Crippen LogP contribution in [0.1, 0.15) is 18.7 Å². The molecule has 0 spiro atoms. The Hall–Kier alpha value is -3.91. The van der Waals surface area contributed by atoms with Gasteiger partial charge in [-0.1, -0.05) is 0 Å². The molecule has 0 aromatic carbocycles. The third kappa shape index (κ3) is 11.1. The smallest absolute Gasteiger partial charge is 0.386 e. The van der Waals surface area contributed by atoms with Gasteiger partial charge in [0.2, 0.25) is 0 Å². The third-order valence-electron chi connectivity index (χ3n) is 9.52. The van der Waals surface area contributed by atoms with Crippen LogP contribution in [0.2, 0.25) is 0 Å². The first kappa shape index (κ1) is 48.5. The molecular weight excluding hydrogens is 919 g/mol. The lowest BCUT2D eigenvalue weighted by molar-refractivity contribution is -0.0654. The Kier molecular flexibility index (Phi) is 14.9. The molecule has 63 heavy (non-hydrogen) atoms. The van der Waals surface area contributed by atoms with E-state index in [0.717, 1.165) is 40.8 Å². The molecule has 3 aromatic heterocycles. The second-order valence-electron chi connectivity index (χ2n) is 13.6. The van der Waals surface area contributed by atoms with Gasteiger partial charge in [0, 0.05) is 32.8 Å². The van der Waals surface area contributed by atoms with E-state index in [0.29, 0.717) is 4.57 Å². The minimum absolute atomic E-state index is 0.122. The highest BCUT2D eigenvalue weighted by Crippen LogP contribution is 2.52. The summed E-state index contributed by atoms with van der Waals surface area (Å²) in [5.41, 5.74) is 13.6. The normalized spacial score (nSPS) is 32.6. The lowest BCUT2D eigenvalue weighted by atomic mass is 10.1. The van der Waals surface area contributed by atoms with Crippen LogP contribution in [-0.2, 0) is 59.8 Å². The predicted molar refractivity (Wildman–Crippen MR) is 203 cm³/mol. The molecule has 0 bridgehead atoms. The van der Waals surface area contributed by atoms with Crippen molar-refractivity contribution < 1.29 is 89.8 Å². The molecule has 34 heteroatoms. The van der Waals surface area contributed by atoms with Gasteiger partial charge in [0.15, 0.2) is 18.7 Å². The Morgan fingerprint density at radius 2 is 0.873 bits per heavy atom. The van der Waals surface area contributed by atoms with Crippen LogP contribution in [-0.4, -0.2) is 148 Å². The molecule has 3 fully saturated rings. The van der Waals surface area contributed by atoms with E-state index in [1.807, 2.05) is 0 Å². The van der Waals surface area contributed by atoms with Gasteiger partial charge in [-0.05, 0) is 18.2 Å². The number of nitrogens with two attached hydrogens (primary N) is 3.